The minimum absolute atomic E-state index is 0.786. The average Bonchev–Trinajstić information content (AvgIpc) is 3.46. The third kappa shape index (κ3) is 3.33. The monoisotopic (exact) mass is 399 g/mol. The standard InChI is InChI=1S/C21H13N5S2/c1-3-8-14(9-4-1)18-23-25-20(27-18)16-12-7-13-17(22-16)21-26-24-19(28-21)15-10-5-2-6-11-15/h1-13H. The van der Waals surface area contributed by atoms with Crippen molar-refractivity contribution in [3.63, 3.8) is 0 Å². The summed E-state index contributed by atoms with van der Waals surface area (Å²) in [6.45, 7) is 0. The minimum Gasteiger partial charge on any atom is -0.243 e. The second kappa shape index (κ2) is 7.38. The van der Waals surface area contributed by atoms with Crippen molar-refractivity contribution in [1.29, 1.82) is 0 Å². The Morgan fingerprint density at radius 1 is 0.429 bits per heavy atom. The zero-order chi connectivity index (χ0) is 18.8. The van der Waals surface area contributed by atoms with Crippen molar-refractivity contribution in [2.24, 2.45) is 0 Å². The molecule has 5 nitrogen and oxygen atoms in total. The fourth-order valence-corrected chi connectivity index (χ4v) is 4.36. The van der Waals surface area contributed by atoms with Crippen LogP contribution in [0.15, 0.2) is 78.9 Å². The lowest BCUT2D eigenvalue weighted by molar-refractivity contribution is 1.08. The van der Waals surface area contributed by atoms with Crippen molar-refractivity contribution in [2.75, 3.05) is 0 Å². The molecule has 0 saturated carbocycles. The van der Waals surface area contributed by atoms with E-state index in [2.05, 4.69) is 20.4 Å². The highest BCUT2D eigenvalue weighted by Crippen LogP contribution is 2.32. The first-order valence-electron chi connectivity index (χ1n) is 8.62. The smallest absolute Gasteiger partial charge is 0.166 e. The third-order valence-corrected chi connectivity index (χ3v) is 6.07. The van der Waals surface area contributed by atoms with Crippen LogP contribution >= 0.6 is 22.7 Å². The largest absolute Gasteiger partial charge is 0.243 e. The van der Waals surface area contributed by atoms with E-state index >= 15 is 0 Å². The van der Waals surface area contributed by atoms with E-state index in [1.165, 1.54) is 22.7 Å². The van der Waals surface area contributed by atoms with Crippen molar-refractivity contribution < 1.29 is 0 Å². The van der Waals surface area contributed by atoms with Gasteiger partial charge in [-0.2, -0.15) is 0 Å². The molecule has 5 aromatic rings. The molecule has 0 aliphatic heterocycles. The molecule has 3 aromatic heterocycles. The van der Waals surface area contributed by atoms with E-state index in [0.717, 1.165) is 42.5 Å². The van der Waals surface area contributed by atoms with Gasteiger partial charge in [0.2, 0.25) is 0 Å². The van der Waals surface area contributed by atoms with Gasteiger partial charge in [0.25, 0.3) is 0 Å². The lowest BCUT2D eigenvalue weighted by atomic mass is 10.2. The molecule has 7 heteroatoms. The molecule has 3 heterocycles. The molecule has 0 bridgehead atoms. The predicted octanol–water partition coefficient (Wildman–Crippen LogP) is 5.45. The molecule has 2 aromatic carbocycles. The summed E-state index contributed by atoms with van der Waals surface area (Å²) in [5.74, 6) is 0. The lowest BCUT2D eigenvalue weighted by Gasteiger charge is -1.98. The molecular formula is C21H13N5S2. The van der Waals surface area contributed by atoms with E-state index < -0.39 is 0 Å². The van der Waals surface area contributed by atoms with Gasteiger partial charge < -0.3 is 0 Å². The van der Waals surface area contributed by atoms with Gasteiger partial charge >= 0.3 is 0 Å². The maximum atomic E-state index is 4.74. The normalized spacial score (nSPS) is 10.9. The van der Waals surface area contributed by atoms with E-state index in [1.54, 1.807) is 0 Å². The summed E-state index contributed by atoms with van der Waals surface area (Å²) in [7, 11) is 0. The first kappa shape index (κ1) is 16.9. The molecule has 0 saturated heterocycles. The Labute approximate surface area is 169 Å². The molecule has 0 amide bonds. The van der Waals surface area contributed by atoms with Crippen LogP contribution in [0.5, 0.6) is 0 Å². The van der Waals surface area contributed by atoms with E-state index in [1.807, 2.05) is 78.9 Å². The molecule has 0 aliphatic rings. The summed E-state index contributed by atoms with van der Waals surface area (Å²) >= 11 is 3.06. The van der Waals surface area contributed by atoms with Crippen LogP contribution in [0.2, 0.25) is 0 Å². The molecule has 0 N–H and O–H groups in total. The number of aromatic nitrogens is 5. The van der Waals surface area contributed by atoms with Crippen LogP contribution in [0.3, 0.4) is 0 Å². The summed E-state index contributed by atoms with van der Waals surface area (Å²) in [6, 6.07) is 25.9. The Balaban J connectivity index is 1.46. The first-order valence-corrected chi connectivity index (χ1v) is 10.3. The first-order chi connectivity index (χ1) is 13.9. The Hall–Kier alpha value is -3.29. The molecule has 28 heavy (non-hydrogen) atoms. The van der Waals surface area contributed by atoms with Gasteiger partial charge in [-0.1, -0.05) is 89.4 Å². The molecular weight excluding hydrogens is 386 g/mol. The molecule has 5 rings (SSSR count). The zero-order valence-corrected chi connectivity index (χ0v) is 16.2. The Morgan fingerprint density at radius 3 is 1.32 bits per heavy atom. The van der Waals surface area contributed by atoms with Crippen molar-refractivity contribution in [2.45, 2.75) is 0 Å². The molecule has 0 unspecified atom stereocenters. The quantitative estimate of drug-likeness (QED) is 0.402. The SMILES string of the molecule is c1ccc(-c2nnc(-c3cccc(-c4nnc(-c5ccccc5)s4)n3)s2)cc1. The lowest BCUT2D eigenvalue weighted by Crippen LogP contribution is -1.87. The Kier molecular flexibility index (Phi) is 4.44. The van der Waals surface area contributed by atoms with E-state index in [0.29, 0.717) is 0 Å². The van der Waals surface area contributed by atoms with Crippen molar-refractivity contribution in [3.05, 3.63) is 78.9 Å². The van der Waals surface area contributed by atoms with Gasteiger partial charge in [0.15, 0.2) is 10.0 Å². The minimum atomic E-state index is 0.786. The van der Waals surface area contributed by atoms with Gasteiger partial charge in [-0.05, 0) is 12.1 Å². The van der Waals surface area contributed by atoms with Gasteiger partial charge in [0.1, 0.15) is 21.4 Å². The predicted molar refractivity (Wildman–Crippen MR) is 113 cm³/mol. The Bertz CT molecular complexity index is 1120. The van der Waals surface area contributed by atoms with Crippen LogP contribution in [0.25, 0.3) is 42.5 Å². The second-order valence-electron chi connectivity index (χ2n) is 5.96. The van der Waals surface area contributed by atoms with Crippen LogP contribution in [-0.2, 0) is 0 Å². The van der Waals surface area contributed by atoms with Gasteiger partial charge in [-0.25, -0.2) is 4.98 Å². The molecule has 134 valence electrons. The number of rotatable bonds is 4. The van der Waals surface area contributed by atoms with Gasteiger partial charge in [-0.3, -0.25) is 0 Å². The van der Waals surface area contributed by atoms with Gasteiger partial charge in [0, 0.05) is 11.1 Å². The highest BCUT2D eigenvalue weighted by molar-refractivity contribution is 7.18. The van der Waals surface area contributed by atoms with Gasteiger partial charge in [0.05, 0.1) is 0 Å². The van der Waals surface area contributed by atoms with Crippen LogP contribution in [0, 0.1) is 0 Å². The number of benzene rings is 2. The molecule has 0 radical (unpaired) electrons. The zero-order valence-electron chi connectivity index (χ0n) is 14.6. The summed E-state index contributed by atoms with van der Waals surface area (Å²) in [6.07, 6.45) is 0. The molecule has 0 aliphatic carbocycles. The van der Waals surface area contributed by atoms with E-state index in [-0.39, 0.29) is 0 Å². The number of nitrogens with zero attached hydrogens (tertiary/aromatic N) is 5. The van der Waals surface area contributed by atoms with E-state index in [4.69, 9.17) is 4.98 Å². The maximum absolute atomic E-state index is 4.74. The fourth-order valence-electron chi connectivity index (χ4n) is 2.72. The summed E-state index contributed by atoms with van der Waals surface area (Å²) in [4.78, 5) is 4.74. The molecule has 0 atom stereocenters. The van der Waals surface area contributed by atoms with E-state index in [9.17, 15) is 0 Å². The van der Waals surface area contributed by atoms with Crippen molar-refractivity contribution in [3.8, 4) is 42.5 Å². The molecule has 0 fully saturated rings. The van der Waals surface area contributed by atoms with Crippen LogP contribution < -0.4 is 0 Å². The van der Waals surface area contributed by atoms with Gasteiger partial charge in [-0.15, -0.1) is 20.4 Å². The van der Waals surface area contributed by atoms with Crippen LogP contribution in [0.1, 0.15) is 0 Å². The third-order valence-electron chi connectivity index (χ3n) is 4.08. The summed E-state index contributed by atoms with van der Waals surface area (Å²) in [5, 5.41) is 20.6. The van der Waals surface area contributed by atoms with Crippen molar-refractivity contribution in [1.82, 2.24) is 25.4 Å². The van der Waals surface area contributed by atoms with Crippen LogP contribution in [-0.4, -0.2) is 25.4 Å². The average molecular weight is 400 g/mol. The Morgan fingerprint density at radius 2 is 0.857 bits per heavy atom. The highest BCUT2D eigenvalue weighted by atomic mass is 32.1. The van der Waals surface area contributed by atoms with Crippen LogP contribution in [0.4, 0.5) is 0 Å². The molecule has 0 spiro atoms. The fraction of sp³-hybridized carbons (Fsp3) is 0. The highest BCUT2D eigenvalue weighted by Gasteiger charge is 2.13. The maximum Gasteiger partial charge on any atom is 0.166 e. The second-order valence-corrected chi connectivity index (χ2v) is 7.92. The summed E-state index contributed by atoms with van der Waals surface area (Å²) in [5.41, 5.74) is 3.68. The topological polar surface area (TPSA) is 64.5 Å². The number of hydrogen-bond acceptors (Lipinski definition) is 7. The number of hydrogen-bond donors (Lipinski definition) is 0. The van der Waals surface area contributed by atoms with Crippen molar-refractivity contribution >= 4 is 22.7 Å². The summed E-state index contributed by atoms with van der Waals surface area (Å²) < 4.78 is 0. The number of pyridine rings is 1.